The minimum atomic E-state index is -0.0742. The molecule has 0 aliphatic rings. The molecule has 94 valence electrons. The van der Waals surface area contributed by atoms with Crippen molar-refractivity contribution in [3.63, 3.8) is 0 Å². The molecular formula is C13H20N2O2. The minimum Gasteiger partial charge on any atom is -0.495 e. The van der Waals surface area contributed by atoms with Gasteiger partial charge in [-0.15, -0.1) is 0 Å². The van der Waals surface area contributed by atoms with E-state index in [0.29, 0.717) is 18.7 Å². The third-order valence-corrected chi connectivity index (χ3v) is 2.80. The maximum Gasteiger partial charge on any atom is 0.229 e. The Morgan fingerprint density at radius 2 is 2.12 bits per heavy atom. The second-order valence-electron chi connectivity index (χ2n) is 4.05. The number of nitrogens with zero attached hydrogens (tertiary/aromatic N) is 1. The molecule has 0 saturated heterocycles. The first-order chi connectivity index (χ1) is 8.11. The topological polar surface area (TPSA) is 55.6 Å². The van der Waals surface area contributed by atoms with Crippen LogP contribution in [0.3, 0.4) is 0 Å². The molecule has 0 aliphatic heterocycles. The second kappa shape index (κ2) is 6.25. The lowest BCUT2D eigenvalue weighted by atomic mass is 10.1. The number of ether oxygens (including phenoxy) is 1. The van der Waals surface area contributed by atoms with Crippen LogP contribution in [0.1, 0.15) is 13.3 Å². The molecule has 0 radical (unpaired) electrons. The molecule has 1 unspecified atom stereocenters. The van der Waals surface area contributed by atoms with E-state index in [1.807, 2.05) is 31.2 Å². The Bertz CT molecular complexity index is 379. The summed E-state index contributed by atoms with van der Waals surface area (Å²) in [5, 5.41) is 0. The summed E-state index contributed by atoms with van der Waals surface area (Å²) in [6.45, 7) is 2.41. The fourth-order valence-electron chi connectivity index (χ4n) is 1.73. The average molecular weight is 236 g/mol. The van der Waals surface area contributed by atoms with E-state index in [2.05, 4.69) is 0 Å². The molecule has 4 nitrogen and oxygen atoms in total. The maximum atomic E-state index is 12.1. The van der Waals surface area contributed by atoms with E-state index in [1.54, 1.807) is 19.1 Å². The number of benzene rings is 1. The van der Waals surface area contributed by atoms with Gasteiger partial charge in [0.25, 0.3) is 0 Å². The molecule has 0 fully saturated rings. The number of anilines is 1. The molecule has 0 heterocycles. The van der Waals surface area contributed by atoms with Crippen molar-refractivity contribution in [1.29, 1.82) is 0 Å². The normalized spacial score (nSPS) is 12.0. The van der Waals surface area contributed by atoms with Crippen molar-refractivity contribution in [3.8, 4) is 5.75 Å². The number of rotatable bonds is 5. The molecule has 1 aromatic carbocycles. The van der Waals surface area contributed by atoms with Gasteiger partial charge in [0.1, 0.15) is 5.75 Å². The van der Waals surface area contributed by atoms with Crippen molar-refractivity contribution in [2.75, 3.05) is 25.6 Å². The van der Waals surface area contributed by atoms with Gasteiger partial charge in [-0.2, -0.15) is 0 Å². The zero-order valence-electron chi connectivity index (χ0n) is 10.6. The summed E-state index contributed by atoms with van der Waals surface area (Å²) in [7, 11) is 3.35. The number of nitrogens with two attached hydrogens (primary N) is 1. The largest absolute Gasteiger partial charge is 0.495 e. The van der Waals surface area contributed by atoms with Crippen molar-refractivity contribution in [2.24, 2.45) is 11.7 Å². The van der Waals surface area contributed by atoms with Crippen LogP contribution in [0.5, 0.6) is 5.75 Å². The zero-order chi connectivity index (χ0) is 12.8. The molecule has 17 heavy (non-hydrogen) atoms. The summed E-state index contributed by atoms with van der Waals surface area (Å²) in [5.74, 6) is 0.679. The van der Waals surface area contributed by atoms with Crippen LogP contribution in [0, 0.1) is 5.92 Å². The van der Waals surface area contributed by atoms with Crippen molar-refractivity contribution in [3.05, 3.63) is 24.3 Å². The highest BCUT2D eigenvalue weighted by Crippen LogP contribution is 2.27. The summed E-state index contributed by atoms with van der Waals surface area (Å²) in [4.78, 5) is 13.7. The summed E-state index contributed by atoms with van der Waals surface area (Å²) in [5.41, 5.74) is 6.25. The molecule has 0 saturated carbocycles. The fourth-order valence-corrected chi connectivity index (χ4v) is 1.73. The number of carbonyl (C=O) groups excluding carboxylic acids is 1. The first-order valence-electron chi connectivity index (χ1n) is 5.72. The van der Waals surface area contributed by atoms with E-state index in [0.717, 1.165) is 5.69 Å². The van der Waals surface area contributed by atoms with E-state index in [4.69, 9.17) is 10.5 Å². The molecule has 1 rings (SSSR count). The second-order valence-corrected chi connectivity index (χ2v) is 4.05. The molecular weight excluding hydrogens is 216 g/mol. The maximum absolute atomic E-state index is 12.1. The van der Waals surface area contributed by atoms with E-state index in [9.17, 15) is 4.79 Å². The summed E-state index contributed by atoms with van der Waals surface area (Å²) in [6, 6.07) is 7.47. The third kappa shape index (κ3) is 3.20. The third-order valence-electron chi connectivity index (χ3n) is 2.80. The predicted octanol–water partition coefficient (Wildman–Crippen LogP) is 1.64. The van der Waals surface area contributed by atoms with Crippen LogP contribution < -0.4 is 15.4 Å². The molecule has 0 spiro atoms. The van der Waals surface area contributed by atoms with Crippen molar-refractivity contribution in [2.45, 2.75) is 13.3 Å². The van der Waals surface area contributed by atoms with Crippen LogP contribution in [0.25, 0.3) is 0 Å². The van der Waals surface area contributed by atoms with Crippen molar-refractivity contribution in [1.82, 2.24) is 0 Å². The van der Waals surface area contributed by atoms with Crippen molar-refractivity contribution >= 4 is 11.6 Å². The van der Waals surface area contributed by atoms with Gasteiger partial charge in [0.2, 0.25) is 5.91 Å². The van der Waals surface area contributed by atoms with Crippen LogP contribution in [0.4, 0.5) is 5.69 Å². The Morgan fingerprint density at radius 1 is 1.47 bits per heavy atom. The van der Waals surface area contributed by atoms with Gasteiger partial charge in [-0.05, 0) is 25.1 Å². The number of carbonyl (C=O) groups is 1. The van der Waals surface area contributed by atoms with E-state index in [1.165, 1.54) is 0 Å². The number of para-hydroxylation sites is 2. The van der Waals surface area contributed by atoms with Crippen LogP contribution in [0.15, 0.2) is 24.3 Å². The Balaban J connectivity index is 2.88. The minimum absolute atomic E-state index is 0.0555. The van der Waals surface area contributed by atoms with Crippen LogP contribution in [-0.2, 0) is 4.79 Å². The SMILES string of the molecule is COc1ccccc1N(C)C(=O)C(C)CCN. The Hall–Kier alpha value is -1.55. The number of methoxy groups -OCH3 is 1. The quantitative estimate of drug-likeness (QED) is 0.845. The lowest BCUT2D eigenvalue weighted by Gasteiger charge is -2.23. The molecule has 1 atom stereocenters. The van der Waals surface area contributed by atoms with Gasteiger partial charge in [-0.1, -0.05) is 19.1 Å². The Morgan fingerprint density at radius 3 is 2.71 bits per heavy atom. The molecule has 0 aromatic heterocycles. The smallest absolute Gasteiger partial charge is 0.229 e. The van der Waals surface area contributed by atoms with Crippen LogP contribution in [0.2, 0.25) is 0 Å². The van der Waals surface area contributed by atoms with Crippen LogP contribution in [-0.4, -0.2) is 26.6 Å². The first kappa shape index (κ1) is 13.5. The van der Waals surface area contributed by atoms with Gasteiger partial charge in [0.05, 0.1) is 12.8 Å². The molecule has 0 aliphatic carbocycles. The van der Waals surface area contributed by atoms with Crippen LogP contribution >= 0.6 is 0 Å². The van der Waals surface area contributed by atoms with Gasteiger partial charge in [-0.3, -0.25) is 4.79 Å². The molecule has 4 heteroatoms. The van der Waals surface area contributed by atoms with Gasteiger partial charge in [0.15, 0.2) is 0 Å². The predicted molar refractivity (Wildman–Crippen MR) is 69.2 cm³/mol. The summed E-state index contributed by atoms with van der Waals surface area (Å²) >= 11 is 0. The monoisotopic (exact) mass is 236 g/mol. The lowest BCUT2D eigenvalue weighted by Crippen LogP contribution is -2.32. The molecule has 2 N–H and O–H groups in total. The summed E-state index contributed by atoms with van der Waals surface area (Å²) in [6.07, 6.45) is 0.693. The number of hydrogen-bond donors (Lipinski definition) is 1. The average Bonchev–Trinajstić information content (AvgIpc) is 2.37. The zero-order valence-corrected chi connectivity index (χ0v) is 10.6. The first-order valence-corrected chi connectivity index (χ1v) is 5.72. The molecule has 0 bridgehead atoms. The van der Waals surface area contributed by atoms with Gasteiger partial charge in [-0.25, -0.2) is 0 Å². The van der Waals surface area contributed by atoms with Crippen molar-refractivity contribution < 1.29 is 9.53 Å². The Labute approximate surface area is 102 Å². The highest BCUT2D eigenvalue weighted by Gasteiger charge is 2.20. The van der Waals surface area contributed by atoms with Gasteiger partial charge in [0, 0.05) is 13.0 Å². The molecule has 1 amide bonds. The van der Waals surface area contributed by atoms with E-state index >= 15 is 0 Å². The van der Waals surface area contributed by atoms with Gasteiger partial charge < -0.3 is 15.4 Å². The highest BCUT2D eigenvalue weighted by atomic mass is 16.5. The molecule has 1 aromatic rings. The number of hydrogen-bond acceptors (Lipinski definition) is 3. The Kier molecular flexibility index (Phi) is 4.97. The lowest BCUT2D eigenvalue weighted by molar-refractivity contribution is -0.121. The summed E-state index contributed by atoms with van der Waals surface area (Å²) < 4.78 is 5.24. The fraction of sp³-hybridized carbons (Fsp3) is 0.462. The standard InChI is InChI=1S/C13H20N2O2/c1-10(8-9-14)13(16)15(2)11-6-4-5-7-12(11)17-3/h4-7,10H,8-9,14H2,1-3H3. The van der Waals surface area contributed by atoms with E-state index < -0.39 is 0 Å². The number of amides is 1. The van der Waals surface area contributed by atoms with Gasteiger partial charge >= 0.3 is 0 Å². The van der Waals surface area contributed by atoms with E-state index in [-0.39, 0.29) is 11.8 Å². The highest BCUT2D eigenvalue weighted by molar-refractivity contribution is 5.95.